The highest BCUT2D eigenvalue weighted by molar-refractivity contribution is 5.50. The van der Waals surface area contributed by atoms with Gasteiger partial charge in [0, 0.05) is 30.4 Å². The Morgan fingerprint density at radius 2 is 1.52 bits per heavy atom. The van der Waals surface area contributed by atoms with Crippen LogP contribution in [0, 0.1) is 25.1 Å². The standard InChI is InChI=1S/C12H9N3O4.H2NO3/c16-14(17)11-2-1-10(12(8-11)15(18)19)7-9-3-5-13-6-4-9;2-1(3)4/h1-6,8H,7H2;(H2,2,3,4)/q;+1. The van der Waals surface area contributed by atoms with Crippen molar-refractivity contribution in [3.63, 3.8) is 0 Å². The van der Waals surface area contributed by atoms with E-state index in [0.717, 1.165) is 11.6 Å². The van der Waals surface area contributed by atoms with Crippen LogP contribution >= 0.6 is 0 Å². The molecule has 0 amide bonds. The van der Waals surface area contributed by atoms with Gasteiger partial charge < -0.3 is 0 Å². The predicted molar refractivity (Wildman–Crippen MR) is 74.0 cm³/mol. The Morgan fingerprint density at radius 3 is 2.00 bits per heavy atom. The molecule has 1 heterocycles. The molecule has 11 nitrogen and oxygen atoms in total. The fourth-order valence-corrected chi connectivity index (χ4v) is 1.71. The zero-order valence-corrected chi connectivity index (χ0v) is 11.5. The average molecular weight is 323 g/mol. The van der Waals surface area contributed by atoms with E-state index in [0.29, 0.717) is 12.0 Å². The number of nitro groups is 2. The molecule has 2 rings (SSSR count). The Morgan fingerprint density at radius 1 is 0.957 bits per heavy atom. The Bertz CT molecular complexity index is 717. The molecule has 0 bridgehead atoms. The summed E-state index contributed by atoms with van der Waals surface area (Å²) < 4.78 is 0. The highest BCUT2D eigenvalue weighted by Gasteiger charge is 2.19. The molecular formula is C12H11N4O7+. The summed E-state index contributed by atoms with van der Waals surface area (Å²) in [4.78, 5) is 32.7. The van der Waals surface area contributed by atoms with Gasteiger partial charge in [0.25, 0.3) is 11.4 Å². The van der Waals surface area contributed by atoms with Crippen LogP contribution < -0.4 is 0 Å². The first-order valence-electron chi connectivity index (χ1n) is 5.97. The third-order valence-corrected chi connectivity index (χ3v) is 2.62. The van der Waals surface area contributed by atoms with Gasteiger partial charge in [0.05, 0.1) is 15.9 Å². The van der Waals surface area contributed by atoms with Crippen LogP contribution in [0.5, 0.6) is 0 Å². The number of non-ortho nitro benzene ring substituents is 1. The Kier molecular flexibility index (Phi) is 6.04. The summed E-state index contributed by atoms with van der Waals surface area (Å²) in [5.41, 5.74) is 0.755. The Labute approximate surface area is 128 Å². The number of hydrogen-bond donors (Lipinski definition) is 2. The van der Waals surface area contributed by atoms with Crippen LogP contribution in [-0.2, 0) is 6.42 Å². The normalized spacial score (nSPS) is 9.39. The van der Waals surface area contributed by atoms with Crippen molar-refractivity contribution >= 4 is 11.4 Å². The van der Waals surface area contributed by atoms with Crippen molar-refractivity contribution in [3.8, 4) is 0 Å². The van der Waals surface area contributed by atoms with Crippen molar-refractivity contribution in [1.82, 2.24) is 4.98 Å². The number of nitrogens with zero attached hydrogens (tertiary/aromatic N) is 4. The molecule has 0 saturated carbocycles. The van der Waals surface area contributed by atoms with Crippen LogP contribution in [0.3, 0.4) is 0 Å². The molecule has 120 valence electrons. The number of hydrogen-bond acceptors (Lipinski definition) is 6. The predicted octanol–water partition coefficient (Wildman–Crippen LogP) is 2.03. The second-order valence-electron chi connectivity index (χ2n) is 4.11. The van der Waals surface area contributed by atoms with Gasteiger partial charge in [-0.15, -0.1) is 0 Å². The van der Waals surface area contributed by atoms with Crippen LogP contribution in [0.15, 0.2) is 42.7 Å². The molecule has 0 atom stereocenters. The highest BCUT2D eigenvalue weighted by Crippen LogP contribution is 2.26. The lowest BCUT2D eigenvalue weighted by atomic mass is 10.0. The van der Waals surface area contributed by atoms with Crippen molar-refractivity contribution in [1.29, 1.82) is 0 Å². The van der Waals surface area contributed by atoms with E-state index < -0.39 is 14.9 Å². The van der Waals surface area contributed by atoms with Crippen molar-refractivity contribution in [3.05, 3.63) is 79.0 Å². The van der Waals surface area contributed by atoms with Gasteiger partial charge in [-0.2, -0.15) is 0 Å². The molecule has 2 aromatic rings. The molecule has 0 fully saturated rings. The molecular weight excluding hydrogens is 312 g/mol. The fourth-order valence-electron chi connectivity index (χ4n) is 1.71. The molecule has 2 N–H and O–H groups in total. The molecule has 0 saturated heterocycles. The maximum Gasteiger partial charge on any atom is 0.472 e. The molecule has 0 unspecified atom stereocenters. The van der Waals surface area contributed by atoms with E-state index in [9.17, 15) is 20.2 Å². The summed E-state index contributed by atoms with van der Waals surface area (Å²) in [5, 5.41) is 34.1. The minimum Gasteiger partial charge on any atom is -0.265 e. The van der Waals surface area contributed by atoms with Crippen LogP contribution in [-0.4, -0.2) is 30.3 Å². The average Bonchev–Trinajstić information content (AvgIpc) is 2.47. The molecule has 23 heavy (non-hydrogen) atoms. The molecule has 0 aliphatic rings. The summed E-state index contributed by atoms with van der Waals surface area (Å²) in [6.07, 6.45) is 3.51. The van der Waals surface area contributed by atoms with E-state index in [-0.39, 0.29) is 11.4 Å². The van der Waals surface area contributed by atoms with E-state index in [4.69, 9.17) is 15.3 Å². The molecule has 0 aliphatic carbocycles. The van der Waals surface area contributed by atoms with Crippen molar-refractivity contribution < 1.29 is 25.3 Å². The topological polar surface area (TPSA) is 160 Å². The van der Waals surface area contributed by atoms with Gasteiger partial charge >= 0.3 is 5.09 Å². The molecule has 11 heteroatoms. The SMILES string of the molecule is O=[N+](O)O.O=[N+]([O-])c1ccc(Cc2ccncc2)c([N+](=O)[O-])c1. The molecule has 0 spiro atoms. The highest BCUT2D eigenvalue weighted by atomic mass is 16.9. The maximum absolute atomic E-state index is 11.0. The summed E-state index contributed by atoms with van der Waals surface area (Å²) in [6, 6.07) is 7.15. The van der Waals surface area contributed by atoms with E-state index in [1.165, 1.54) is 12.1 Å². The van der Waals surface area contributed by atoms with E-state index >= 15 is 0 Å². The van der Waals surface area contributed by atoms with Gasteiger partial charge in [-0.3, -0.25) is 25.2 Å². The lowest BCUT2D eigenvalue weighted by molar-refractivity contribution is -0.969. The zero-order chi connectivity index (χ0) is 17.4. The number of aromatic nitrogens is 1. The van der Waals surface area contributed by atoms with Crippen molar-refractivity contribution in [2.24, 2.45) is 0 Å². The van der Waals surface area contributed by atoms with Crippen LogP contribution in [0.2, 0.25) is 0 Å². The van der Waals surface area contributed by atoms with Gasteiger partial charge in [-0.05, 0) is 23.8 Å². The van der Waals surface area contributed by atoms with Gasteiger partial charge in [0.1, 0.15) is 4.91 Å². The number of rotatable bonds is 4. The third kappa shape index (κ3) is 5.71. The maximum atomic E-state index is 11.0. The second kappa shape index (κ2) is 7.97. The third-order valence-electron chi connectivity index (χ3n) is 2.62. The minimum atomic E-state index is -1.25. The Balaban J connectivity index is 0.000000593. The van der Waals surface area contributed by atoms with Crippen LogP contribution in [0.4, 0.5) is 11.4 Å². The van der Waals surface area contributed by atoms with Gasteiger partial charge in [0.2, 0.25) is 0 Å². The van der Waals surface area contributed by atoms with Gasteiger partial charge in [-0.1, -0.05) is 0 Å². The van der Waals surface area contributed by atoms with Crippen molar-refractivity contribution in [2.45, 2.75) is 6.42 Å². The summed E-state index contributed by atoms with van der Waals surface area (Å²) in [7, 11) is 0. The first kappa shape index (κ1) is 17.4. The number of benzene rings is 1. The van der Waals surface area contributed by atoms with Gasteiger partial charge in [-0.25, -0.2) is 10.4 Å². The van der Waals surface area contributed by atoms with E-state index in [2.05, 4.69) is 4.98 Å². The second-order valence-corrected chi connectivity index (χ2v) is 4.11. The monoisotopic (exact) mass is 323 g/mol. The Hall–Kier alpha value is -3.63. The van der Waals surface area contributed by atoms with E-state index in [1.807, 2.05) is 0 Å². The summed E-state index contributed by atoms with van der Waals surface area (Å²) >= 11 is 0. The fraction of sp³-hybridized carbons (Fsp3) is 0.0833. The smallest absolute Gasteiger partial charge is 0.265 e. The first-order valence-corrected chi connectivity index (χ1v) is 5.97. The molecule has 1 aromatic carbocycles. The zero-order valence-electron chi connectivity index (χ0n) is 11.5. The molecule has 0 radical (unpaired) electrons. The largest absolute Gasteiger partial charge is 0.472 e. The lowest BCUT2D eigenvalue weighted by Gasteiger charge is -2.03. The summed E-state index contributed by atoms with van der Waals surface area (Å²) in [5.74, 6) is 0. The van der Waals surface area contributed by atoms with E-state index in [1.54, 1.807) is 24.5 Å². The summed E-state index contributed by atoms with van der Waals surface area (Å²) in [6.45, 7) is 0. The lowest BCUT2D eigenvalue weighted by Crippen LogP contribution is -1.98. The van der Waals surface area contributed by atoms with Crippen molar-refractivity contribution in [2.75, 3.05) is 0 Å². The number of nitro benzene ring substituents is 2. The first-order chi connectivity index (χ1) is 10.8. The minimum absolute atomic E-state index is 0.244. The quantitative estimate of drug-likeness (QED) is 0.638. The van der Waals surface area contributed by atoms with Crippen LogP contribution in [0.1, 0.15) is 11.1 Å². The molecule has 0 aliphatic heterocycles. The van der Waals surface area contributed by atoms with Gasteiger partial charge in [0.15, 0.2) is 0 Å². The molecule has 1 aromatic heterocycles. The van der Waals surface area contributed by atoms with Crippen LogP contribution in [0.25, 0.3) is 0 Å². The number of pyridine rings is 1.